The first-order valence-electron chi connectivity index (χ1n) is 7.27. The Bertz CT molecular complexity index is 403. The maximum absolute atomic E-state index is 11.6. The predicted octanol–water partition coefficient (Wildman–Crippen LogP) is 2.81. The fraction of sp³-hybridized carbons (Fsp3) is 0.562. The van der Waals surface area contributed by atoms with E-state index in [4.69, 9.17) is 4.74 Å². The summed E-state index contributed by atoms with van der Waals surface area (Å²) in [6, 6.07) is 7.37. The monoisotopic (exact) mass is 279 g/mol. The fourth-order valence-electron chi connectivity index (χ4n) is 1.99. The number of benzene rings is 1. The molecule has 0 aliphatic rings. The molecule has 1 aromatic carbocycles. The summed E-state index contributed by atoms with van der Waals surface area (Å²) in [6.07, 6.45) is 2.25. The molecule has 4 heteroatoms. The molecule has 0 saturated heterocycles. The molecule has 2 N–H and O–H groups in total. The van der Waals surface area contributed by atoms with Gasteiger partial charge in [-0.15, -0.1) is 0 Å². The Morgan fingerprint density at radius 3 is 2.50 bits per heavy atom. The van der Waals surface area contributed by atoms with Crippen LogP contribution in [0.4, 0.5) is 0 Å². The number of nitrogens with one attached hydrogen (secondary N) is 1. The molecule has 1 aromatic rings. The quantitative estimate of drug-likeness (QED) is 0.769. The average Bonchev–Trinajstić information content (AvgIpc) is 2.45. The van der Waals surface area contributed by atoms with Crippen molar-refractivity contribution in [2.45, 2.75) is 52.2 Å². The molecule has 20 heavy (non-hydrogen) atoms. The zero-order valence-corrected chi connectivity index (χ0v) is 12.6. The summed E-state index contributed by atoms with van der Waals surface area (Å²) < 4.78 is 5.42. The highest BCUT2D eigenvalue weighted by Crippen LogP contribution is 2.19. The summed E-state index contributed by atoms with van der Waals surface area (Å²) in [4.78, 5) is 11.6. The average molecular weight is 279 g/mol. The molecule has 0 spiro atoms. The zero-order chi connectivity index (χ0) is 15.0. The van der Waals surface area contributed by atoms with E-state index in [9.17, 15) is 9.90 Å². The lowest BCUT2D eigenvalue weighted by atomic mass is 10.1. The highest BCUT2D eigenvalue weighted by molar-refractivity contribution is 5.77. The normalized spacial score (nSPS) is 13.6. The number of carbonyl (C=O) groups excluding carboxylic acids is 1. The molecule has 0 bridgehead atoms. The highest BCUT2D eigenvalue weighted by Gasteiger charge is 2.08. The fourth-order valence-corrected chi connectivity index (χ4v) is 1.99. The summed E-state index contributed by atoms with van der Waals surface area (Å²) in [5.74, 6) is 0.527. The van der Waals surface area contributed by atoms with E-state index in [1.165, 1.54) is 0 Å². The van der Waals surface area contributed by atoms with Gasteiger partial charge in [0.2, 0.25) is 0 Å². The van der Waals surface area contributed by atoms with Crippen LogP contribution >= 0.6 is 0 Å². The topological polar surface area (TPSA) is 58.6 Å². The van der Waals surface area contributed by atoms with E-state index in [1.54, 1.807) is 12.1 Å². The van der Waals surface area contributed by atoms with Crippen molar-refractivity contribution in [2.75, 3.05) is 6.61 Å². The Morgan fingerprint density at radius 2 is 1.95 bits per heavy atom. The molecule has 112 valence electrons. The first-order chi connectivity index (χ1) is 9.56. The van der Waals surface area contributed by atoms with Crippen LogP contribution in [0.15, 0.2) is 24.3 Å². The van der Waals surface area contributed by atoms with Crippen LogP contribution in [0.2, 0.25) is 0 Å². The van der Waals surface area contributed by atoms with Crippen molar-refractivity contribution in [3.63, 3.8) is 0 Å². The van der Waals surface area contributed by atoms with Gasteiger partial charge in [-0.2, -0.15) is 0 Å². The largest absolute Gasteiger partial charge is 0.484 e. The smallest absolute Gasteiger partial charge is 0.258 e. The number of ether oxygens (including phenoxy) is 1. The Labute approximate surface area is 121 Å². The van der Waals surface area contributed by atoms with Crippen molar-refractivity contribution in [3.05, 3.63) is 29.8 Å². The predicted molar refractivity (Wildman–Crippen MR) is 79.7 cm³/mol. The molecule has 0 aliphatic carbocycles. The van der Waals surface area contributed by atoms with Crippen molar-refractivity contribution < 1.29 is 14.6 Å². The molecular formula is C16H25NO3. The van der Waals surface area contributed by atoms with Crippen molar-refractivity contribution >= 4 is 5.91 Å². The summed E-state index contributed by atoms with van der Waals surface area (Å²) in [6.45, 7) is 6.02. The Balaban J connectivity index is 2.40. The lowest BCUT2D eigenvalue weighted by molar-refractivity contribution is -0.123. The van der Waals surface area contributed by atoms with Crippen molar-refractivity contribution in [1.29, 1.82) is 0 Å². The number of aliphatic hydroxyl groups is 1. The maximum atomic E-state index is 11.6. The Morgan fingerprint density at radius 1 is 1.30 bits per heavy atom. The number of carbonyl (C=O) groups is 1. The van der Waals surface area contributed by atoms with E-state index < -0.39 is 6.10 Å². The third kappa shape index (κ3) is 5.61. The second-order valence-electron chi connectivity index (χ2n) is 5.04. The van der Waals surface area contributed by atoms with Gasteiger partial charge in [0.25, 0.3) is 5.91 Å². The SMILES string of the molecule is CCCC(C)NC(=O)COc1ccc([C@@H](O)CC)cc1. The molecule has 1 amide bonds. The van der Waals surface area contributed by atoms with Crippen LogP contribution in [0.5, 0.6) is 5.75 Å². The van der Waals surface area contributed by atoms with Gasteiger partial charge in [-0.25, -0.2) is 0 Å². The molecule has 1 rings (SSSR count). The molecule has 4 nitrogen and oxygen atoms in total. The second-order valence-corrected chi connectivity index (χ2v) is 5.04. The molecule has 0 radical (unpaired) electrons. The number of hydrogen-bond donors (Lipinski definition) is 2. The third-order valence-electron chi connectivity index (χ3n) is 3.15. The van der Waals surface area contributed by atoms with Crippen molar-refractivity contribution in [1.82, 2.24) is 5.32 Å². The Hall–Kier alpha value is -1.55. The van der Waals surface area contributed by atoms with Crippen LogP contribution < -0.4 is 10.1 Å². The lowest BCUT2D eigenvalue weighted by Crippen LogP contribution is -2.35. The van der Waals surface area contributed by atoms with Gasteiger partial charge in [-0.05, 0) is 37.5 Å². The third-order valence-corrected chi connectivity index (χ3v) is 3.15. The van der Waals surface area contributed by atoms with Gasteiger partial charge in [0.05, 0.1) is 6.10 Å². The standard InChI is InChI=1S/C16H25NO3/c1-4-6-12(3)17-16(19)11-20-14-9-7-13(8-10-14)15(18)5-2/h7-10,12,15,18H,4-6,11H2,1-3H3,(H,17,19)/t12?,15-/m0/s1. The molecule has 0 saturated carbocycles. The highest BCUT2D eigenvalue weighted by atomic mass is 16.5. The van der Waals surface area contributed by atoms with Gasteiger partial charge in [-0.3, -0.25) is 4.79 Å². The van der Waals surface area contributed by atoms with Crippen molar-refractivity contribution in [3.8, 4) is 5.75 Å². The second kappa shape index (κ2) is 8.59. The van der Waals surface area contributed by atoms with Crippen LogP contribution in [-0.4, -0.2) is 23.7 Å². The zero-order valence-electron chi connectivity index (χ0n) is 12.6. The van der Waals surface area contributed by atoms with Crippen LogP contribution in [0, 0.1) is 0 Å². The first kappa shape index (κ1) is 16.5. The van der Waals surface area contributed by atoms with Gasteiger partial charge in [0, 0.05) is 6.04 Å². The lowest BCUT2D eigenvalue weighted by Gasteiger charge is -2.13. The minimum atomic E-state index is -0.442. The van der Waals surface area contributed by atoms with Crippen LogP contribution in [0.1, 0.15) is 51.7 Å². The molecule has 2 atom stereocenters. The van der Waals surface area contributed by atoms with Crippen LogP contribution in [0.3, 0.4) is 0 Å². The molecule has 0 fully saturated rings. The molecule has 0 aliphatic heterocycles. The van der Waals surface area contributed by atoms with Gasteiger partial charge >= 0.3 is 0 Å². The van der Waals surface area contributed by atoms with Gasteiger partial charge < -0.3 is 15.2 Å². The molecule has 1 unspecified atom stereocenters. The minimum Gasteiger partial charge on any atom is -0.484 e. The summed E-state index contributed by atoms with van der Waals surface area (Å²) in [5, 5.41) is 12.6. The number of aliphatic hydroxyl groups excluding tert-OH is 1. The molecule has 0 heterocycles. The van der Waals surface area contributed by atoms with Crippen LogP contribution in [-0.2, 0) is 4.79 Å². The first-order valence-corrected chi connectivity index (χ1v) is 7.27. The maximum Gasteiger partial charge on any atom is 0.258 e. The summed E-state index contributed by atoms with van der Waals surface area (Å²) in [7, 11) is 0. The van der Waals surface area contributed by atoms with Gasteiger partial charge in [-0.1, -0.05) is 32.4 Å². The van der Waals surface area contributed by atoms with E-state index in [2.05, 4.69) is 12.2 Å². The summed E-state index contributed by atoms with van der Waals surface area (Å²) in [5.41, 5.74) is 0.862. The molecule has 0 aromatic heterocycles. The van der Waals surface area contributed by atoms with Crippen molar-refractivity contribution in [2.24, 2.45) is 0 Å². The van der Waals surface area contributed by atoms with E-state index >= 15 is 0 Å². The van der Waals surface area contributed by atoms with E-state index in [0.29, 0.717) is 12.2 Å². The summed E-state index contributed by atoms with van der Waals surface area (Å²) >= 11 is 0. The number of hydrogen-bond acceptors (Lipinski definition) is 3. The van der Waals surface area contributed by atoms with Crippen LogP contribution in [0.25, 0.3) is 0 Å². The van der Waals surface area contributed by atoms with Gasteiger partial charge in [0.15, 0.2) is 6.61 Å². The molecular weight excluding hydrogens is 254 g/mol. The van der Waals surface area contributed by atoms with E-state index in [-0.39, 0.29) is 18.6 Å². The number of rotatable bonds is 8. The minimum absolute atomic E-state index is 0.0176. The Kier molecular flexibility index (Phi) is 7.09. The number of amides is 1. The van der Waals surface area contributed by atoms with E-state index in [0.717, 1.165) is 18.4 Å². The van der Waals surface area contributed by atoms with Gasteiger partial charge in [0.1, 0.15) is 5.75 Å². The van der Waals surface area contributed by atoms with E-state index in [1.807, 2.05) is 26.0 Å².